The number of nitrogens with zero attached hydrogens (tertiary/aromatic N) is 1. The van der Waals surface area contributed by atoms with Crippen molar-refractivity contribution in [2.45, 2.75) is 19.1 Å². The Labute approximate surface area is 109 Å². The van der Waals surface area contributed by atoms with Crippen molar-refractivity contribution in [3.05, 3.63) is 29.8 Å². The third-order valence-electron chi connectivity index (χ3n) is 3.18. The van der Waals surface area contributed by atoms with Gasteiger partial charge in [0.25, 0.3) is 0 Å². The van der Waals surface area contributed by atoms with Crippen LogP contribution in [0.15, 0.2) is 24.3 Å². The Morgan fingerprint density at radius 1 is 1.50 bits per heavy atom. The molecular weight excluding hydrogens is 228 g/mol. The van der Waals surface area contributed by atoms with E-state index in [1.54, 1.807) is 0 Å². The van der Waals surface area contributed by atoms with Crippen molar-refractivity contribution < 1.29 is 9.47 Å². The molecule has 2 atom stereocenters. The lowest BCUT2D eigenvalue weighted by Crippen LogP contribution is -2.42. The van der Waals surface area contributed by atoms with Crippen LogP contribution in [0, 0.1) is 0 Å². The van der Waals surface area contributed by atoms with Crippen LogP contribution in [0.25, 0.3) is 0 Å². The van der Waals surface area contributed by atoms with Crippen LogP contribution < -0.4 is 10.5 Å². The highest BCUT2D eigenvalue weighted by Crippen LogP contribution is 2.23. The average molecular weight is 250 g/mol. The smallest absolute Gasteiger partial charge is 0.124 e. The van der Waals surface area contributed by atoms with Crippen LogP contribution in [0.5, 0.6) is 5.75 Å². The van der Waals surface area contributed by atoms with E-state index in [-0.39, 0.29) is 12.1 Å². The van der Waals surface area contributed by atoms with Crippen LogP contribution in [0.3, 0.4) is 0 Å². The van der Waals surface area contributed by atoms with Gasteiger partial charge in [0.2, 0.25) is 0 Å². The topological polar surface area (TPSA) is 47.7 Å². The predicted molar refractivity (Wildman–Crippen MR) is 71.8 cm³/mol. The van der Waals surface area contributed by atoms with Gasteiger partial charge in [-0.15, -0.1) is 0 Å². The molecule has 2 N–H and O–H groups in total. The number of likely N-dealkylation sites (N-methyl/N-ethyl adjacent to an activating group) is 1. The first-order valence-electron chi connectivity index (χ1n) is 6.44. The fourth-order valence-corrected chi connectivity index (χ4v) is 2.14. The van der Waals surface area contributed by atoms with Gasteiger partial charge in [0.05, 0.1) is 6.61 Å². The fourth-order valence-electron chi connectivity index (χ4n) is 2.14. The van der Waals surface area contributed by atoms with E-state index in [1.807, 2.05) is 31.2 Å². The number of hydrogen-bond donors (Lipinski definition) is 1. The van der Waals surface area contributed by atoms with E-state index in [0.29, 0.717) is 6.61 Å². The molecule has 1 aliphatic heterocycles. The van der Waals surface area contributed by atoms with E-state index in [2.05, 4.69) is 11.9 Å². The minimum atomic E-state index is -0.0175. The van der Waals surface area contributed by atoms with Crippen LogP contribution in [0.1, 0.15) is 18.5 Å². The van der Waals surface area contributed by atoms with Gasteiger partial charge in [-0.3, -0.25) is 0 Å². The second-order valence-electron chi connectivity index (χ2n) is 4.89. The van der Waals surface area contributed by atoms with Gasteiger partial charge in [-0.25, -0.2) is 0 Å². The lowest BCUT2D eigenvalue weighted by Gasteiger charge is -2.30. The molecule has 18 heavy (non-hydrogen) atoms. The van der Waals surface area contributed by atoms with Crippen molar-refractivity contribution in [1.82, 2.24) is 4.90 Å². The first-order valence-corrected chi connectivity index (χ1v) is 6.44. The summed E-state index contributed by atoms with van der Waals surface area (Å²) in [5.41, 5.74) is 6.97. The van der Waals surface area contributed by atoms with Crippen LogP contribution in [-0.4, -0.2) is 44.4 Å². The van der Waals surface area contributed by atoms with Crippen molar-refractivity contribution >= 4 is 0 Å². The molecule has 1 saturated heterocycles. The summed E-state index contributed by atoms with van der Waals surface area (Å²) in [7, 11) is 2.10. The Morgan fingerprint density at radius 3 is 3.00 bits per heavy atom. The number of para-hydroxylation sites is 1. The first-order chi connectivity index (χ1) is 8.66. The van der Waals surface area contributed by atoms with E-state index in [1.165, 1.54) is 0 Å². The lowest BCUT2D eigenvalue weighted by atomic mass is 10.1. The van der Waals surface area contributed by atoms with Gasteiger partial charge in [0.1, 0.15) is 18.5 Å². The quantitative estimate of drug-likeness (QED) is 0.878. The van der Waals surface area contributed by atoms with Crippen molar-refractivity contribution in [3.63, 3.8) is 0 Å². The van der Waals surface area contributed by atoms with Gasteiger partial charge in [0, 0.05) is 24.7 Å². The van der Waals surface area contributed by atoms with Gasteiger partial charge in [-0.2, -0.15) is 0 Å². The average Bonchev–Trinajstić information content (AvgIpc) is 2.37. The lowest BCUT2D eigenvalue weighted by molar-refractivity contribution is -0.0405. The predicted octanol–water partition coefficient (Wildman–Crippen LogP) is 1.42. The van der Waals surface area contributed by atoms with Crippen LogP contribution in [0.4, 0.5) is 0 Å². The second kappa shape index (κ2) is 6.18. The molecule has 100 valence electrons. The molecular formula is C14H22N2O2. The van der Waals surface area contributed by atoms with Crippen molar-refractivity contribution in [1.29, 1.82) is 0 Å². The minimum Gasteiger partial charge on any atom is -0.490 e. The van der Waals surface area contributed by atoms with Crippen molar-refractivity contribution in [2.75, 3.05) is 33.4 Å². The molecule has 0 saturated carbocycles. The fraction of sp³-hybridized carbons (Fsp3) is 0.571. The molecule has 0 bridgehead atoms. The molecule has 0 aromatic heterocycles. The maximum atomic E-state index is 5.93. The van der Waals surface area contributed by atoms with Gasteiger partial charge in [-0.1, -0.05) is 18.2 Å². The van der Waals surface area contributed by atoms with Crippen LogP contribution in [-0.2, 0) is 4.74 Å². The Bertz CT molecular complexity index is 382. The molecule has 0 amide bonds. The molecule has 4 nitrogen and oxygen atoms in total. The van der Waals surface area contributed by atoms with Gasteiger partial charge >= 0.3 is 0 Å². The first kappa shape index (κ1) is 13.3. The van der Waals surface area contributed by atoms with Crippen molar-refractivity contribution in [2.24, 2.45) is 5.73 Å². The maximum Gasteiger partial charge on any atom is 0.124 e. The zero-order valence-electron chi connectivity index (χ0n) is 11.1. The SMILES string of the molecule is C[C@@H](N)c1ccccc1OCC1CN(C)CCO1. The molecule has 4 heteroatoms. The van der Waals surface area contributed by atoms with Gasteiger partial charge < -0.3 is 20.1 Å². The Kier molecular flexibility index (Phi) is 4.58. The number of nitrogens with two attached hydrogens (primary N) is 1. The summed E-state index contributed by atoms with van der Waals surface area (Å²) in [5.74, 6) is 0.865. The summed E-state index contributed by atoms with van der Waals surface area (Å²) in [6.45, 7) is 5.23. The van der Waals surface area contributed by atoms with E-state index in [4.69, 9.17) is 15.2 Å². The highest BCUT2D eigenvalue weighted by atomic mass is 16.5. The molecule has 0 radical (unpaired) electrons. The summed E-state index contributed by atoms with van der Waals surface area (Å²) in [6.07, 6.45) is 0.143. The van der Waals surface area contributed by atoms with Gasteiger partial charge in [0.15, 0.2) is 0 Å². The molecule has 0 aliphatic carbocycles. The number of rotatable bonds is 4. The maximum absolute atomic E-state index is 5.93. The summed E-state index contributed by atoms with van der Waals surface area (Å²) in [6, 6.07) is 7.90. The molecule has 1 aliphatic rings. The van der Waals surface area contributed by atoms with Crippen LogP contribution in [0.2, 0.25) is 0 Å². The monoisotopic (exact) mass is 250 g/mol. The highest BCUT2D eigenvalue weighted by Gasteiger charge is 2.18. The normalized spacial score (nSPS) is 22.7. The Hall–Kier alpha value is -1.10. The molecule has 2 rings (SSSR count). The third kappa shape index (κ3) is 3.45. The summed E-state index contributed by atoms with van der Waals surface area (Å²) >= 11 is 0. The Morgan fingerprint density at radius 2 is 2.28 bits per heavy atom. The summed E-state index contributed by atoms with van der Waals surface area (Å²) < 4.78 is 11.5. The number of benzene rings is 1. The van der Waals surface area contributed by atoms with Crippen LogP contribution >= 0.6 is 0 Å². The Balaban J connectivity index is 1.93. The third-order valence-corrected chi connectivity index (χ3v) is 3.18. The summed E-state index contributed by atoms with van der Waals surface area (Å²) in [4.78, 5) is 2.26. The standard InChI is InChI=1S/C14H22N2O2/c1-11(15)13-5-3-4-6-14(13)18-10-12-9-16(2)7-8-17-12/h3-6,11-12H,7-10,15H2,1-2H3/t11-,12?/m1/s1. The second-order valence-corrected chi connectivity index (χ2v) is 4.89. The number of hydrogen-bond acceptors (Lipinski definition) is 4. The van der Waals surface area contributed by atoms with E-state index < -0.39 is 0 Å². The zero-order chi connectivity index (χ0) is 13.0. The van der Waals surface area contributed by atoms with Crippen molar-refractivity contribution in [3.8, 4) is 5.75 Å². The molecule has 1 aromatic carbocycles. The summed E-state index contributed by atoms with van der Waals surface area (Å²) in [5, 5.41) is 0. The van der Waals surface area contributed by atoms with Gasteiger partial charge in [-0.05, 0) is 20.0 Å². The number of ether oxygens (including phenoxy) is 2. The molecule has 1 unspecified atom stereocenters. The molecule has 1 heterocycles. The van der Waals surface area contributed by atoms with E-state index in [0.717, 1.165) is 31.0 Å². The number of morpholine rings is 1. The molecule has 0 spiro atoms. The largest absolute Gasteiger partial charge is 0.490 e. The zero-order valence-corrected chi connectivity index (χ0v) is 11.1. The minimum absolute atomic E-state index is 0.0175. The van der Waals surface area contributed by atoms with E-state index >= 15 is 0 Å². The molecule has 1 fully saturated rings. The molecule has 1 aromatic rings. The van der Waals surface area contributed by atoms with E-state index in [9.17, 15) is 0 Å². The highest BCUT2D eigenvalue weighted by molar-refractivity contribution is 5.35.